The fourth-order valence-electron chi connectivity index (χ4n) is 2.37. The van der Waals surface area contributed by atoms with Gasteiger partial charge in [-0.15, -0.1) is 0 Å². The second kappa shape index (κ2) is 4.85. The number of alkyl halides is 1. The SMILES string of the molecule is Cc1nn(C)c(Cl)c1CN1C[C@H](F)C[C@H]1C(N)=O. The minimum Gasteiger partial charge on any atom is -0.368 e. The molecular weight excluding hydrogens is 259 g/mol. The molecular formula is C11H16ClFN4O. The van der Waals surface area contributed by atoms with E-state index in [1.165, 1.54) is 0 Å². The maximum atomic E-state index is 13.4. The number of nitrogens with two attached hydrogens (primary N) is 1. The number of primary amides is 1. The molecule has 0 aromatic carbocycles. The molecule has 1 amide bonds. The molecule has 1 aromatic rings. The van der Waals surface area contributed by atoms with Crippen molar-refractivity contribution in [2.24, 2.45) is 12.8 Å². The first-order valence-electron chi connectivity index (χ1n) is 5.75. The molecule has 1 saturated heterocycles. The molecule has 2 atom stereocenters. The molecule has 1 aromatic heterocycles. The third kappa shape index (κ3) is 2.35. The fraction of sp³-hybridized carbons (Fsp3) is 0.636. The summed E-state index contributed by atoms with van der Waals surface area (Å²) < 4.78 is 15.0. The number of amides is 1. The number of hydrogen-bond donors (Lipinski definition) is 1. The Morgan fingerprint density at radius 1 is 1.67 bits per heavy atom. The predicted octanol–water partition coefficient (Wildman–Crippen LogP) is 0.780. The van der Waals surface area contributed by atoms with Crippen molar-refractivity contribution in [2.75, 3.05) is 6.54 Å². The zero-order chi connectivity index (χ0) is 13.4. The van der Waals surface area contributed by atoms with Gasteiger partial charge in [0.25, 0.3) is 0 Å². The van der Waals surface area contributed by atoms with Crippen molar-refractivity contribution in [1.29, 1.82) is 0 Å². The molecule has 0 bridgehead atoms. The molecule has 0 radical (unpaired) electrons. The molecule has 7 heteroatoms. The molecule has 0 aliphatic carbocycles. The third-order valence-corrected chi connectivity index (χ3v) is 3.78. The lowest BCUT2D eigenvalue weighted by molar-refractivity contribution is -0.122. The Hall–Kier alpha value is -1.14. The monoisotopic (exact) mass is 274 g/mol. The number of carbonyl (C=O) groups is 1. The maximum Gasteiger partial charge on any atom is 0.234 e. The number of aryl methyl sites for hydroxylation is 2. The van der Waals surface area contributed by atoms with Gasteiger partial charge in [-0.3, -0.25) is 14.4 Å². The van der Waals surface area contributed by atoms with Crippen molar-refractivity contribution in [3.63, 3.8) is 0 Å². The Morgan fingerprint density at radius 3 is 2.83 bits per heavy atom. The molecule has 2 N–H and O–H groups in total. The van der Waals surface area contributed by atoms with Crippen LogP contribution in [0.25, 0.3) is 0 Å². The fourth-order valence-corrected chi connectivity index (χ4v) is 2.61. The van der Waals surface area contributed by atoms with E-state index >= 15 is 0 Å². The average molecular weight is 275 g/mol. The molecule has 2 heterocycles. The number of aromatic nitrogens is 2. The van der Waals surface area contributed by atoms with Crippen LogP contribution in [0.4, 0.5) is 4.39 Å². The molecule has 100 valence electrons. The summed E-state index contributed by atoms with van der Waals surface area (Å²) in [4.78, 5) is 13.0. The normalized spacial score (nSPS) is 24.7. The summed E-state index contributed by atoms with van der Waals surface area (Å²) in [5.74, 6) is -0.493. The number of carbonyl (C=O) groups excluding carboxylic acids is 1. The summed E-state index contributed by atoms with van der Waals surface area (Å²) in [5.41, 5.74) is 6.89. The van der Waals surface area contributed by atoms with Crippen LogP contribution in [0.3, 0.4) is 0 Å². The quantitative estimate of drug-likeness (QED) is 0.886. The van der Waals surface area contributed by atoms with E-state index in [-0.39, 0.29) is 13.0 Å². The van der Waals surface area contributed by atoms with Gasteiger partial charge in [0.15, 0.2) is 0 Å². The topological polar surface area (TPSA) is 64.2 Å². The van der Waals surface area contributed by atoms with Crippen molar-refractivity contribution in [1.82, 2.24) is 14.7 Å². The summed E-state index contributed by atoms with van der Waals surface area (Å²) in [6.07, 6.45) is -0.857. The highest BCUT2D eigenvalue weighted by molar-refractivity contribution is 6.30. The van der Waals surface area contributed by atoms with Gasteiger partial charge >= 0.3 is 0 Å². The van der Waals surface area contributed by atoms with E-state index in [0.29, 0.717) is 11.7 Å². The summed E-state index contributed by atoms with van der Waals surface area (Å²) >= 11 is 6.12. The van der Waals surface area contributed by atoms with Crippen LogP contribution in [0.2, 0.25) is 5.15 Å². The summed E-state index contributed by atoms with van der Waals surface area (Å²) in [7, 11) is 1.74. The van der Waals surface area contributed by atoms with Crippen LogP contribution in [0.1, 0.15) is 17.7 Å². The van der Waals surface area contributed by atoms with Crippen LogP contribution in [0.15, 0.2) is 0 Å². The van der Waals surface area contributed by atoms with E-state index < -0.39 is 18.1 Å². The highest BCUT2D eigenvalue weighted by Gasteiger charge is 2.36. The van der Waals surface area contributed by atoms with Crippen molar-refractivity contribution >= 4 is 17.5 Å². The molecule has 0 unspecified atom stereocenters. The van der Waals surface area contributed by atoms with E-state index in [0.717, 1.165) is 11.3 Å². The number of nitrogens with zero attached hydrogens (tertiary/aromatic N) is 3. The van der Waals surface area contributed by atoms with Gasteiger partial charge in [0, 0.05) is 32.1 Å². The van der Waals surface area contributed by atoms with E-state index in [1.54, 1.807) is 16.6 Å². The van der Waals surface area contributed by atoms with Gasteiger partial charge in [0.1, 0.15) is 11.3 Å². The van der Waals surface area contributed by atoms with Crippen LogP contribution in [0.5, 0.6) is 0 Å². The second-order valence-electron chi connectivity index (χ2n) is 4.66. The molecule has 18 heavy (non-hydrogen) atoms. The Balaban J connectivity index is 2.20. The highest BCUT2D eigenvalue weighted by atomic mass is 35.5. The standard InChI is InChI=1S/C11H16ClFN4O/c1-6-8(10(12)16(2)15-6)5-17-4-7(13)3-9(17)11(14)18/h7,9H,3-5H2,1-2H3,(H2,14,18)/t7-,9+/m1/s1. The van der Waals surface area contributed by atoms with Gasteiger partial charge in [-0.2, -0.15) is 5.10 Å². The van der Waals surface area contributed by atoms with Crippen LogP contribution >= 0.6 is 11.6 Å². The van der Waals surface area contributed by atoms with Gasteiger partial charge in [-0.05, 0) is 6.92 Å². The predicted molar refractivity (Wildman–Crippen MR) is 65.9 cm³/mol. The van der Waals surface area contributed by atoms with E-state index in [1.807, 2.05) is 6.92 Å². The average Bonchev–Trinajstić information content (AvgIpc) is 2.75. The van der Waals surface area contributed by atoms with E-state index in [4.69, 9.17) is 17.3 Å². The zero-order valence-electron chi connectivity index (χ0n) is 10.4. The zero-order valence-corrected chi connectivity index (χ0v) is 11.1. The molecule has 0 saturated carbocycles. The Labute approximate surface area is 110 Å². The lowest BCUT2D eigenvalue weighted by atomic mass is 10.2. The minimum absolute atomic E-state index is 0.159. The molecule has 2 rings (SSSR count). The summed E-state index contributed by atoms with van der Waals surface area (Å²) in [6.45, 7) is 2.44. The second-order valence-corrected chi connectivity index (χ2v) is 5.02. The molecule has 5 nitrogen and oxygen atoms in total. The largest absolute Gasteiger partial charge is 0.368 e. The first kappa shape index (κ1) is 13.3. The molecule has 1 fully saturated rings. The number of rotatable bonds is 3. The van der Waals surface area contributed by atoms with Crippen LogP contribution < -0.4 is 5.73 Å². The molecule has 1 aliphatic rings. The Morgan fingerprint density at radius 2 is 2.33 bits per heavy atom. The first-order chi connectivity index (χ1) is 8.40. The van der Waals surface area contributed by atoms with E-state index in [9.17, 15) is 9.18 Å². The van der Waals surface area contributed by atoms with Crippen molar-refractivity contribution in [3.05, 3.63) is 16.4 Å². The lowest BCUT2D eigenvalue weighted by Gasteiger charge is -2.21. The highest BCUT2D eigenvalue weighted by Crippen LogP contribution is 2.26. The van der Waals surface area contributed by atoms with Crippen LogP contribution in [0, 0.1) is 6.92 Å². The smallest absolute Gasteiger partial charge is 0.234 e. The van der Waals surface area contributed by atoms with Crippen molar-refractivity contribution in [3.8, 4) is 0 Å². The Bertz CT molecular complexity index is 476. The van der Waals surface area contributed by atoms with Crippen LogP contribution in [-0.4, -0.2) is 39.3 Å². The van der Waals surface area contributed by atoms with Gasteiger partial charge < -0.3 is 5.73 Å². The molecule has 1 aliphatic heterocycles. The number of halogens is 2. The number of hydrogen-bond acceptors (Lipinski definition) is 3. The first-order valence-corrected chi connectivity index (χ1v) is 6.13. The van der Waals surface area contributed by atoms with E-state index in [2.05, 4.69) is 5.10 Å². The summed E-state index contributed by atoms with van der Waals surface area (Å²) in [6, 6.07) is -0.560. The van der Waals surface area contributed by atoms with Crippen LogP contribution in [-0.2, 0) is 18.4 Å². The maximum absolute atomic E-state index is 13.4. The van der Waals surface area contributed by atoms with Gasteiger partial charge in [-0.25, -0.2) is 4.39 Å². The minimum atomic E-state index is -1.02. The van der Waals surface area contributed by atoms with Gasteiger partial charge in [0.2, 0.25) is 5.91 Å². The Kier molecular flexibility index (Phi) is 3.59. The molecule has 0 spiro atoms. The van der Waals surface area contributed by atoms with Crippen molar-refractivity contribution < 1.29 is 9.18 Å². The van der Waals surface area contributed by atoms with Crippen molar-refractivity contribution in [2.45, 2.75) is 32.1 Å². The van der Waals surface area contributed by atoms with Gasteiger partial charge in [-0.1, -0.05) is 11.6 Å². The third-order valence-electron chi connectivity index (χ3n) is 3.31. The summed E-state index contributed by atoms with van der Waals surface area (Å²) in [5, 5.41) is 4.70. The van der Waals surface area contributed by atoms with Gasteiger partial charge in [0.05, 0.1) is 11.7 Å². The lowest BCUT2D eigenvalue weighted by Crippen LogP contribution is -2.39. The number of likely N-dealkylation sites (tertiary alicyclic amines) is 1.